The number of amides is 2. The fourth-order valence-corrected chi connectivity index (χ4v) is 6.00. The Balaban J connectivity index is 1.34. The van der Waals surface area contributed by atoms with Crippen molar-refractivity contribution in [2.24, 2.45) is 11.8 Å². The van der Waals surface area contributed by atoms with E-state index in [2.05, 4.69) is 11.4 Å². The third-order valence-corrected chi connectivity index (χ3v) is 7.51. The summed E-state index contributed by atoms with van der Waals surface area (Å²) in [5.74, 6) is -2.29. The first-order chi connectivity index (χ1) is 15.8. The predicted molar refractivity (Wildman–Crippen MR) is 123 cm³/mol. The van der Waals surface area contributed by atoms with E-state index in [1.807, 2.05) is 45.1 Å². The SMILES string of the molecule is CC[C@H](OC(=O)[C@@H]1[C@@H]2C=C[C@]3(CN(c4cc(C)cc(C)c4)C(=O)[C@H]13)O2)C(=O)NC1CCCC1. The number of hydrogen-bond donors (Lipinski definition) is 1. The van der Waals surface area contributed by atoms with Crippen LogP contribution in [0, 0.1) is 25.7 Å². The van der Waals surface area contributed by atoms with Crippen LogP contribution in [0.15, 0.2) is 30.4 Å². The van der Waals surface area contributed by atoms with Gasteiger partial charge in [0.1, 0.15) is 11.5 Å². The van der Waals surface area contributed by atoms with E-state index in [1.54, 1.807) is 4.90 Å². The number of benzene rings is 1. The van der Waals surface area contributed by atoms with E-state index >= 15 is 0 Å². The van der Waals surface area contributed by atoms with E-state index in [0.29, 0.717) is 13.0 Å². The van der Waals surface area contributed by atoms with Crippen molar-refractivity contribution in [2.45, 2.75) is 76.7 Å². The first-order valence-electron chi connectivity index (χ1n) is 12.1. The summed E-state index contributed by atoms with van der Waals surface area (Å²) < 4.78 is 11.9. The number of rotatable bonds is 6. The van der Waals surface area contributed by atoms with Crippen LogP contribution in [-0.4, -0.2) is 48.2 Å². The molecule has 0 unspecified atom stereocenters. The maximum atomic E-state index is 13.6. The van der Waals surface area contributed by atoms with Crippen LogP contribution in [0.25, 0.3) is 0 Å². The zero-order chi connectivity index (χ0) is 23.3. The van der Waals surface area contributed by atoms with Gasteiger partial charge in [0.25, 0.3) is 5.91 Å². The summed E-state index contributed by atoms with van der Waals surface area (Å²) >= 11 is 0. The lowest BCUT2D eigenvalue weighted by molar-refractivity contribution is -0.162. The zero-order valence-corrected chi connectivity index (χ0v) is 19.5. The predicted octanol–water partition coefficient (Wildman–Crippen LogP) is 2.97. The molecule has 1 spiro atoms. The Morgan fingerprint density at radius 1 is 1.21 bits per heavy atom. The molecule has 1 saturated carbocycles. The Bertz CT molecular complexity index is 994. The van der Waals surface area contributed by atoms with E-state index in [4.69, 9.17) is 9.47 Å². The Morgan fingerprint density at radius 2 is 1.91 bits per heavy atom. The molecule has 2 saturated heterocycles. The van der Waals surface area contributed by atoms with Gasteiger partial charge in [0.05, 0.1) is 18.6 Å². The second-order valence-electron chi connectivity index (χ2n) is 9.99. The average Bonchev–Trinajstić information content (AvgIpc) is 3.53. The minimum absolute atomic E-state index is 0.128. The lowest BCUT2D eigenvalue weighted by Crippen LogP contribution is -2.45. The number of aryl methyl sites for hydroxylation is 2. The fourth-order valence-electron chi connectivity index (χ4n) is 6.00. The Kier molecular flexibility index (Phi) is 5.55. The minimum Gasteiger partial charge on any atom is -0.452 e. The maximum absolute atomic E-state index is 13.6. The van der Waals surface area contributed by atoms with Gasteiger partial charge in [-0.25, -0.2) is 0 Å². The highest BCUT2D eigenvalue weighted by Crippen LogP contribution is 2.53. The van der Waals surface area contributed by atoms with Crippen LogP contribution in [0.2, 0.25) is 0 Å². The summed E-state index contributed by atoms with van der Waals surface area (Å²) in [5, 5.41) is 3.02. The van der Waals surface area contributed by atoms with Crippen LogP contribution in [0.5, 0.6) is 0 Å². The number of hydrogen-bond acceptors (Lipinski definition) is 5. The lowest BCUT2D eigenvalue weighted by atomic mass is 9.77. The summed E-state index contributed by atoms with van der Waals surface area (Å²) in [7, 11) is 0. The van der Waals surface area contributed by atoms with Crippen molar-refractivity contribution < 1.29 is 23.9 Å². The van der Waals surface area contributed by atoms with Gasteiger partial charge in [0, 0.05) is 11.7 Å². The van der Waals surface area contributed by atoms with Crippen LogP contribution in [-0.2, 0) is 23.9 Å². The average molecular weight is 453 g/mol. The van der Waals surface area contributed by atoms with E-state index in [0.717, 1.165) is 42.5 Å². The summed E-state index contributed by atoms with van der Waals surface area (Å²) in [6.45, 7) is 6.20. The third kappa shape index (κ3) is 3.76. The minimum atomic E-state index is -0.857. The number of nitrogens with zero attached hydrogens (tertiary/aromatic N) is 1. The molecule has 2 bridgehead atoms. The molecule has 176 valence electrons. The highest BCUT2D eigenvalue weighted by Gasteiger charge is 2.67. The van der Waals surface area contributed by atoms with Crippen molar-refractivity contribution >= 4 is 23.5 Å². The zero-order valence-electron chi connectivity index (χ0n) is 19.5. The number of anilines is 1. The van der Waals surface area contributed by atoms with Crippen molar-refractivity contribution in [2.75, 3.05) is 11.4 Å². The van der Waals surface area contributed by atoms with Gasteiger partial charge in [-0.05, 0) is 56.4 Å². The molecule has 5 atom stereocenters. The van der Waals surface area contributed by atoms with E-state index < -0.39 is 35.6 Å². The maximum Gasteiger partial charge on any atom is 0.313 e. The standard InChI is InChI=1S/C26H32N2O5/c1-4-19(23(29)27-17-7-5-6-8-17)32-25(31)21-20-9-10-26(33-20)14-28(24(30)22(21)26)18-12-15(2)11-16(3)13-18/h9-13,17,19-22H,4-8,14H2,1-3H3,(H,27,29)/t19-,20-,21+,22-,26+/m0/s1. The van der Waals surface area contributed by atoms with E-state index in [9.17, 15) is 14.4 Å². The molecule has 3 heterocycles. The molecular formula is C26H32N2O5. The van der Waals surface area contributed by atoms with Gasteiger partial charge >= 0.3 is 5.97 Å². The fraction of sp³-hybridized carbons (Fsp3) is 0.577. The molecule has 3 fully saturated rings. The Hall–Kier alpha value is -2.67. The summed E-state index contributed by atoms with van der Waals surface area (Å²) in [6.07, 6.45) is 6.97. The molecule has 5 rings (SSSR count). The molecule has 0 radical (unpaired) electrons. The number of fused-ring (bicyclic) bond motifs is 1. The molecule has 1 aromatic rings. The molecule has 0 aromatic heterocycles. The molecule has 7 heteroatoms. The smallest absolute Gasteiger partial charge is 0.313 e. The number of carbonyl (C=O) groups excluding carboxylic acids is 3. The quantitative estimate of drug-likeness (QED) is 0.530. The van der Waals surface area contributed by atoms with Crippen molar-refractivity contribution in [3.8, 4) is 0 Å². The van der Waals surface area contributed by atoms with Crippen molar-refractivity contribution in [1.29, 1.82) is 0 Å². The molecule has 1 aromatic carbocycles. The second-order valence-corrected chi connectivity index (χ2v) is 9.99. The molecule has 3 aliphatic heterocycles. The molecule has 4 aliphatic rings. The summed E-state index contributed by atoms with van der Waals surface area (Å²) in [5.41, 5.74) is 2.14. The number of nitrogens with one attached hydrogen (secondary N) is 1. The summed E-state index contributed by atoms with van der Waals surface area (Å²) in [4.78, 5) is 41.3. The summed E-state index contributed by atoms with van der Waals surface area (Å²) in [6, 6.07) is 6.18. The van der Waals surface area contributed by atoms with Crippen molar-refractivity contribution in [3.05, 3.63) is 41.5 Å². The molecular weight excluding hydrogens is 420 g/mol. The number of ether oxygens (including phenoxy) is 2. The van der Waals surface area contributed by atoms with E-state index in [-0.39, 0.29) is 17.9 Å². The van der Waals surface area contributed by atoms with Crippen molar-refractivity contribution in [1.82, 2.24) is 5.32 Å². The van der Waals surface area contributed by atoms with E-state index in [1.165, 1.54) is 0 Å². The Labute approximate surface area is 194 Å². The van der Waals surface area contributed by atoms with Gasteiger partial charge in [0.2, 0.25) is 5.91 Å². The van der Waals surface area contributed by atoms with Crippen LogP contribution in [0.3, 0.4) is 0 Å². The van der Waals surface area contributed by atoms with Crippen molar-refractivity contribution in [3.63, 3.8) is 0 Å². The molecule has 1 N–H and O–H groups in total. The molecule has 33 heavy (non-hydrogen) atoms. The monoisotopic (exact) mass is 452 g/mol. The third-order valence-electron chi connectivity index (χ3n) is 7.51. The van der Waals surface area contributed by atoms with Crippen LogP contribution < -0.4 is 10.2 Å². The Morgan fingerprint density at radius 3 is 2.58 bits per heavy atom. The van der Waals surface area contributed by atoms with Gasteiger partial charge in [0.15, 0.2) is 6.10 Å². The lowest BCUT2D eigenvalue weighted by Gasteiger charge is -2.25. The highest BCUT2D eigenvalue weighted by atomic mass is 16.6. The van der Waals surface area contributed by atoms with Gasteiger partial charge in [-0.2, -0.15) is 0 Å². The molecule has 2 amide bonds. The largest absolute Gasteiger partial charge is 0.452 e. The van der Waals surface area contributed by atoms with Gasteiger partial charge in [-0.1, -0.05) is 38.0 Å². The molecule has 1 aliphatic carbocycles. The number of carbonyl (C=O) groups is 3. The van der Waals surface area contributed by atoms with Gasteiger partial charge in [-0.3, -0.25) is 14.4 Å². The van der Waals surface area contributed by atoms with Crippen LogP contribution in [0.1, 0.15) is 50.2 Å². The normalized spacial score (nSPS) is 31.2. The van der Waals surface area contributed by atoms with Crippen LogP contribution in [0.4, 0.5) is 5.69 Å². The van der Waals surface area contributed by atoms with Gasteiger partial charge < -0.3 is 19.7 Å². The first-order valence-corrected chi connectivity index (χ1v) is 12.1. The highest BCUT2D eigenvalue weighted by molar-refractivity contribution is 6.03. The first kappa shape index (κ1) is 22.1. The topological polar surface area (TPSA) is 84.9 Å². The second kappa shape index (κ2) is 8.28. The number of esters is 1. The molecule has 7 nitrogen and oxygen atoms in total. The van der Waals surface area contributed by atoms with Gasteiger partial charge in [-0.15, -0.1) is 0 Å². The van der Waals surface area contributed by atoms with Crippen LogP contribution >= 0.6 is 0 Å².